The van der Waals surface area contributed by atoms with Crippen LogP contribution in [-0.2, 0) is 14.4 Å². The zero-order chi connectivity index (χ0) is 27.1. The van der Waals surface area contributed by atoms with Crippen molar-refractivity contribution in [2.45, 2.75) is 123 Å². The van der Waals surface area contributed by atoms with E-state index in [1.165, 1.54) is 0 Å². The molecule has 0 aliphatic heterocycles. The number of ketones is 1. The quantitative estimate of drug-likeness (QED) is 0.156. The Bertz CT molecular complexity index is 628. The van der Waals surface area contributed by atoms with Crippen molar-refractivity contribution in [3.63, 3.8) is 0 Å². The second-order valence-electron chi connectivity index (χ2n) is 11.5. The third-order valence-electron chi connectivity index (χ3n) is 5.77. The van der Waals surface area contributed by atoms with Crippen molar-refractivity contribution in [2.75, 3.05) is 19.6 Å². The highest BCUT2D eigenvalue weighted by atomic mass is 16.2. The lowest BCUT2D eigenvalue weighted by Crippen LogP contribution is -2.57. The van der Waals surface area contributed by atoms with Crippen LogP contribution in [0.5, 0.6) is 0 Å². The zero-order valence-corrected chi connectivity index (χ0v) is 23.2. The number of carbonyl (C=O) groups is 3. The van der Waals surface area contributed by atoms with Crippen LogP contribution in [0.25, 0.3) is 0 Å². The first-order chi connectivity index (χ1) is 16.3. The summed E-state index contributed by atoms with van der Waals surface area (Å²) in [6, 6.07) is -1.79. The van der Waals surface area contributed by atoms with Gasteiger partial charge in [-0.15, -0.1) is 0 Å². The van der Waals surface area contributed by atoms with Crippen LogP contribution in [0, 0.1) is 5.41 Å². The minimum Gasteiger partial charge on any atom is -0.344 e. The molecule has 9 heteroatoms. The van der Waals surface area contributed by atoms with E-state index in [2.05, 4.69) is 16.0 Å². The first-order valence-electron chi connectivity index (χ1n) is 13.3. The van der Waals surface area contributed by atoms with Crippen molar-refractivity contribution < 1.29 is 14.4 Å². The maximum Gasteiger partial charge on any atom is 0.243 e. The molecule has 9 N–H and O–H groups in total. The minimum absolute atomic E-state index is 0.0241. The lowest BCUT2D eigenvalue weighted by molar-refractivity contribution is -0.135. The molecule has 0 rings (SSSR count). The summed E-state index contributed by atoms with van der Waals surface area (Å²) in [4.78, 5) is 39.6. The summed E-state index contributed by atoms with van der Waals surface area (Å²) in [5.41, 5.74) is 16.0. The fourth-order valence-electron chi connectivity index (χ4n) is 3.87. The molecule has 0 saturated carbocycles. The molecule has 0 aromatic heterocycles. The second kappa shape index (κ2) is 17.0. The number of unbranched alkanes of at least 4 members (excludes halogenated alkanes) is 3. The molecule has 0 saturated heterocycles. The normalized spacial score (nSPS) is 14.8. The SMILES string of the molecule is CC(C)(C)NC(CCCCN)C(=O)NC(CCCCN)C(=O)NC(CCCCN)C(=O)C(C)(C)C. The number of carbonyl (C=O) groups excluding carboxylic acids is 3. The molecule has 0 aliphatic carbocycles. The predicted molar refractivity (Wildman–Crippen MR) is 144 cm³/mol. The number of nitrogens with one attached hydrogen (secondary N) is 3. The summed E-state index contributed by atoms with van der Waals surface area (Å²) in [5.74, 6) is -0.571. The van der Waals surface area contributed by atoms with Crippen LogP contribution in [0.4, 0.5) is 0 Å². The molecule has 0 heterocycles. The maximum absolute atomic E-state index is 13.3. The molecule has 9 nitrogen and oxygen atoms in total. The molecule has 3 atom stereocenters. The van der Waals surface area contributed by atoms with Crippen LogP contribution >= 0.6 is 0 Å². The Morgan fingerprint density at radius 3 is 1.37 bits per heavy atom. The van der Waals surface area contributed by atoms with Crippen molar-refractivity contribution in [3.8, 4) is 0 Å². The molecule has 35 heavy (non-hydrogen) atoms. The lowest BCUT2D eigenvalue weighted by atomic mass is 9.84. The van der Waals surface area contributed by atoms with E-state index in [9.17, 15) is 14.4 Å². The van der Waals surface area contributed by atoms with Crippen LogP contribution in [0.3, 0.4) is 0 Å². The summed E-state index contributed by atoms with van der Waals surface area (Å²) < 4.78 is 0. The van der Waals surface area contributed by atoms with E-state index in [1.807, 2.05) is 41.5 Å². The largest absolute Gasteiger partial charge is 0.344 e. The van der Waals surface area contributed by atoms with Crippen LogP contribution in [0.2, 0.25) is 0 Å². The second-order valence-corrected chi connectivity index (χ2v) is 11.5. The molecule has 0 aromatic rings. The molecule has 0 aliphatic rings. The first-order valence-corrected chi connectivity index (χ1v) is 13.3. The van der Waals surface area contributed by atoms with Gasteiger partial charge >= 0.3 is 0 Å². The van der Waals surface area contributed by atoms with Crippen molar-refractivity contribution in [2.24, 2.45) is 22.6 Å². The van der Waals surface area contributed by atoms with Crippen LogP contribution in [-0.4, -0.2) is 60.9 Å². The number of hydrogen-bond acceptors (Lipinski definition) is 7. The highest BCUT2D eigenvalue weighted by Crippen LogP contribution is 2.20. The number of hydrogen-bond donors (Lipinski definition) is 6. The van der Waals surface area contributed by atoms with E-state index in [0.717, 1.165) is 32.1 Å². The molecule has 0 radical (unpaired) electrons. The third-order valence-corrected chi connectivity index (χ3v) is 5.77. The predicted octanol–water partition coefficient (Wildman–Crippen LogP) is 1.71. The van der Waals surface area contributed by atoms with E-state index >= 15 is 0 Å². The van der Waals surface area contributed by atoms with Gasteiger partial charge in [-0.05, 0) is 91.8 Å². The van der Waals surface area contributed by atoms with Gasteiger partial charge in [0.25, 0.3) is 0 Å². The minimum atomic E-state index is -0.738. The summed E-state index contributed by atoms with van der Waals surface area (Å²) in [6.07, 6.45) is 6.22. The molecule has 0 aromatic carbocycles. The standard InChI is InChI=1S/C26H54N6O3/c1-25(2,3)22(33)19(13-7-10-16-27)30-23(34)20(14-8-11-17-28)31-24(35)21(15-9-12-18-29)32-26(4,5)6/h19-21,32H,7-18,27-29H2,1-6H3,(H,30,34)(H,31,35). The molecule has 0 spiro atoms. The molecule has 0 fully saturated rings. The Morgan fingerprint density at radius 1 is 0.600 bits per heavy atom. The summed E-state index contributed by atoms with van der Waals surface area (Å²) in [6.45, 7) is 13.2. The average molecular weight is 499 g/mol. The Morgan fingerprint density at radius 2 is 0.971 bits per heavy atom. The van der Waals surface area contributed by atoms with Gasteiger partial charge in [-0.25, -0.2) is 0 Å². The van der Waals surface area contributed by atoms with Crippen molar-refractivity contribution in [3.05, 3.63) is 0 Å². The number of nitrogens with two attached hydrogens (primary N) is 3. The highest BCUT2D eigenvalue weighted by molar-refractivity contribution is 5.95. The van der Waals surface area contributed by atoms with Crippen molar-refractivity contribution >= 4 is 17.6 Å². The fourth-order valence-corrected chi connectivity index (χ4v) is 3.87. The number of Topliss-reactive ketones (excluding diaryl/α,β-unsaturated/α-hetero) is 1. The maximum atomic E-state index is 13.3. The Kier molecular flexibility index (Phi) is 16.2. The molecule has 2 amide bonds. The summed E-state index contributed by atoms with van der Waals surface area (Å²) >= 11 is 0. The molecule has 0 bridgehead atoms. The Balaban J connectivity index is 5.60. The molecular formula is C26H54N6O3. The fraction of sp³-hybridized carbons (Fsp3) is 0.885. The van der Waals surface area contributed by atoms with E-state index in [4.69, 9.17) is 17.2 Å². The van der Waals surface area contributed by atoms with Gasteiger partial charge in [0.15, 0.2) is 5.78 Å². The van der Waals surface area contributed by atoms with Gasteiger partial charge in [0, 0.05) is 11.0 Å². The van der Waals surface area contributed by atoms with Gasteiger partial charge < -0.3 is 33.2 Å². The Labute approximate surface area is 213 Å². The lowest BCUT2D eigenvalue weighted by Gasteiger charge is -2.30. The van der Waals surface area contributed by atoms with Gasteiger partial charge in [-0.3, -0.25) is 14.4 Å². The molecule has 206 valence electrons. The van der Waals surface area contributed by atoms with Crippen LogP contribution in [0.15, 0.2) is 0 Å². The van der Waals surface area contributed by atoms with E-state index < -0.39 is 23.5 Å². The van der Waals surface area contributed by atoms with Gasteiger partial charge in [0.2, 0.25) is 11.8 Å². The number of rotatable bonds is 18. The number of amides is 2. The van der Waals surface area contributed by atoms with Crippen molar-refractivity contribution in [1.29, 1.82) is 0 Å². The highest BCUT2D eigenvalue weighted by Gasteiger charge is 2.33. The van der Waals surface area contributed by atoms with Crippen LogP contribution in [0.1, 0.15) is 99.3 Å². The van der Waals surface area contributed by atoms with Gasteiger partial charge in [0.1, 0.15) is 6.04 Å². The molecule has 3 unspecified atom stereocenters. The first kappa shape index (κ1) is 33.4. The van der Waals surface area contributed by atoms with Gasteiger partial charge in [-0.1, -0.05) is 27.2 Å². The van der Waals surface area contributed by atoms with E-state index in [0.29, 0.717) is 45.3 Å². The van der Waals surface area contributed by atoms with Crippen LogP contribution < -0.4 is 33.2 Å². The monoisotopic (exact) mass is 498 g/mol. The van der Waals surface area contributed by atoms with Gasteiger partial charge in [0.05, 0.1) is 12.1 Å². The topological polar surface area (TPSA) is 165 Å². The smallest absolute Gasteiger partial charge is 0.243 e. The van der Waals surface area contributed by atoms with Crippen molar-refractivity contribution in [1.82, 2.24) is 16.0 Å². The zero-order valence-electron chi connectivity index (χ0n) is 23.2. The summed E-state index contributed by atoms with van der Waals surface area (Å²) in [5, 5.41) is 9.27. The summed E-state index contributed by atoms with van der Waals surface area (Å²) in [7, 11) is 0. The average Bonchev–Trinajstić information content (AvgIpc) is 2.75. The Hall–Kier alpha value is -1.55. The molecular weight excluding hydrogens is 444 g/mol. The van der Waals surface area contributed by atoms with E-state index in [-0.39, 0.29) is 23.1 Å². The van der Waals surface area contributed by atoms with Gasteiger partial charge in [-0.2, -0.15) is 0 Å². The van der Waals surface area contributed by atoms with E-state index in [1.54, 1.807) is 0 Å². The third kappa shape index (κ3) is 15.2.